The first-order chi connectivity index (χ1) is 9.50. The summed E-state index contributed by atoms with van der Waals surface area (Å²) in [4.78, 5) is 22.5. The maximum atomic E-state index is 12.1. The van der Waals surface area contributed by atoms with Crippen LogP contribution >= 0.6 is 0 Å². The molecule has 1 aliphatic rings. The number of nitro groups is 1. The highest BCUT2D eigenvalue weighted by molar-refractivity contribution is 5.79. The fraction of sp³-hybridized carbons (Fsp3) is 0.500. The van der Waals surface area contributed by atoms with Crippen molar-refractivity contribution in [1.82, 2.24) is 10.6 Å². The van der Waals surface area contributed by atoms with Crippen LogP contribution in [0.2, 0.25) is 0 Å². The third-order valence-electron chi connectivity index (χ3n) is 3.93. The summed E-state index contributed by atoms with van der Waals surface area (Å²) in [6.07, 6.45) is 0.834. The van der Waals surface area contributed by atoms with E-state index in [-0.39, 0.29) is 23.6 Å². The van der Waals surface area contributed by atoms with E-state index in [1.165, 1.54) is 6.07 Å². The largest absolute Gasteiger partial charge is 0.352 e. The number of carbonyl (C=O) groups excluding carboxylic acids is 1. The molecule has 108 valence electrons. The second-order valence-corrected chi connectivity index (χ2v) is 5.17. The smallest absolute Gasteiger partial charge is 0.272 e. The van der Waals surface area contributed by atoms with Crippen LogP contribution in [0.3, 0.4) is 0 Å². The average molecular weight is 277 g/mol. The first-order valence-corrected chi connectivity index (χ1v) is 6.74. The van der Waals surface area contributed by atoms with E-state index >= 15 is 0 Å². The predicted octanol–water partition coefficient (Wildman–Crippen LogP) is 1.52. The molecule has 1 aromatic carbocycles. The van der Waals surface area contributed by atoms with E-state index in [9.17, 15) is 14.9 Å². The van der Waals surface area contributed by atoms with Gasteiger partial charge >= 0.3 is 0 Å². The van der Waals surface area contributed by atoms with Crippen molar-refractivity contribution in [3.63, 3.8) is 0 Å². The molecule has 20 heavy (non-hydrogen) atoms. The topological polar surface area (TPSA) is 84.3 Å². The lowest BCUT2D eigenvalue weighted by molar-refractivity contribution is -0.385. The van der Waals surface area contributed by atoms with Crippen LogP contribution in [0, 0.1) is 23.0 Å². The van der Waals surface area contributed by atoms with Crippen molar-refractivity contribution in [1.29, 1.82) is 0 Å². The van der Waals surface area contributed by atoms with E-state index in [0.717, 1.165) is 18.5 Å². The number of hydrogen-bond acceptors (Lipinski definition) is 4. The molecule has 2 N–H and O–H groups in total. The Hall–Kier alpha value is -1.95. The fourth-order valence-corrected chi connectivity index (χ4v) is 2.59. The van der Waals surface area contributed by atoms with Gasteiger partial charge in [0.25, 0.3) is 5.69 Å². The summed E-state index contributed by atoms with van der Waals surface area (Å²) in [5, 5.41) is 17.0. The number of nitrogens with one attached hydrogen (secondary N) is 2. The van der Waals surface area contributed by atoms with Gasteiger partial charge in [-0.25, -0.2) is 0 Å². The number of rotatable bonds is 4. The quantitative estimate of drug-likeness (QED) is 0.645. The Morgan fingerprint density at radius 1 is 1.55 bits per heavy atom. The van der Waals surface area contributed by atoms with Gasteiger partial charge in [-0.2, -0.15) is 0 Å². The number of carbonyl (C=O) groups is 1. The van der Waals surface area contributed by atoms with Crippen molar-refractivity contribution < 1.29 is 9.72 Å². The Balaban J connectivity index is 2.02. The summed E-state index contributed by atoms with van der Waals surface area (Å²) in [5.41, 5.74) is 1.48. The summed E-state index contributed by atoms with van der Waals surface area (Å²) in [6, 6.07) is 5.11. The Morgan fingerprint density at radius 3 is 2.90 bits per heavy atom. The van der Waals surface area contributed by atoms with Gasteiger partial charge in [0.1, 0.15) is 0 Å². The second-order valence-electron chi connectivity index (χ2n) is 5.17. The highest BCUT2D eigenvalue weighted by Crippen LogP contribution is 2.21. The van der Waals surface area contributed by atoms with E-state index in [0.29, 0.717) is 12.1 Å². The SMILES string of the molecule is Cc1c(CNC(=O)C2CCNC2C)cccc1[N+](=O)[O-]. The number of nitrogens with zero attached hydrogens (tertiary/aromatic N) is 1. The lowest BCUT2D eigenvalue weighted by atomic mass is 10.0. The van der Waals surface area contributed by atoms with Gasteiger partial charge in [-0.15, -0.1) is 0 Å². The van der Waals surface area contributed by atoms with Gasteiger partial charge in [0.05, 0.1) is 10.8 Å². The molecule has 1 aliphatic heterocycles. The fourth-order valence-electron chi connectivity index (χ4n) is 2.59. The normalized spacial score (nSPS) is 21.7. The molecule has 1 fully saturated rings. The van der Waals surface area contributed by atoms with E-state index in [2.05, 4.69) is 10.6 Å². The van der Waals surface area contributed by atoms with Gasteiger partial charge in [0, 0.05) is 24.2 Å². The Morgan fingerprint density at radius 2 is 2.30 bits per heavy atom. The van der Waals surface area contributed by atoms with Crippen LogP contribution < -0.4 is 10.6 Å². The summed E-state index contributed by atoms with van der Waals surface area (Å²) in [5.74, 6) is -0.0117. The molecule has 0 saturated carbocycles. The maximum absolute atomic E-state index is 12.1. The van der Waals surface area contributed by atoms with Crippen LogP contribution in [0.1, 0.15) is 24.5 Å². The maximum Gasteiger partial charge on any atom is 0.272 e. The van der Waals surface area contributed by atoms with Crippen molar-refractivity contribution >= 4 is 11.6 Å². The summed E-state index contributed by atoms with van der Waals surface area (Å²) in [7, 11) is 0. The van der Waals surface area contributed by atoms with Crippen LogP contribution in [0.5, 0.6) is 0 Å². The standard InChI is InChI=1S/C14H19N3O3/c1-9-11(4-3-5-13(9)17(19)20)8-16-14(18)12-6-7-15-10(12)2/h3-5,10,12,15H,6-8H2,1-2H3,(H,16,18). The zero-order chi connectivity index (χ0) is 14.7. The second kappa shape index (κ2) is 6.00. The highest BCUT2D eigenvalue weighted by atomic mass is 16.6. The van der Waals surface area contributed by atoms with E-state index in [1.807, 2.05) is 6.92 Å². The third-order valence-corrected chi connectivity index (χ3v) is 3.93. The minimum absolute atomic E-state index is 0.00778. The third kappa shape index (κ3) is 2.96. The van der Waals surface area contributed by atoms with Gasteiger partial charge in [0.15, 0.2) is 0 Å². The molecule has 1 saturated heterocycles. The van der Waals surface area contributed by atoms with Crippen molar-refractivity contribution in [2.24, 2.45) is 5.92 Å². The number of nitro benzene ring substituents is 1. The lowest BCUT2D eigenvalue weighted by Gasteiger charge is -2.15. The molecule has 0 aliphatic carbocycles. The molecular formula is C14H19N3O3. The molecule has 2 atom stereocenters. The van der Waals surface area contributed by atoms with Crippen molar-refractivity contribution in [2.45, 2.75) is 32.9 Å². The molecule has 6 heteroatoms. The Bertz CT molecular complexity index is 530. The first-order valence-electron chi connectivity index (χ1n) is 6.74. The van der Waals surface area contributed by atoms with Crippen molar-refractivity contribution in [3.8, 4) is 0 Å². The molecule has 6 nitrogen and oxygen atoms in total. The highest BCUT2D eigenvalue weighted by Gasteiger charge is 2.29. The molecule has 2 rings (SSSR count). The van der Waals surface area contributed by atoms with Gasteiger partial charge in [-0.3, -0.25) is 14.9 Å². The minimum atomic E-state index is -0.399. The van der Waals surface area contributed by atoms with Gasteiger partial charge < -0.3 is 10.6 Å². The summed E-state index contributed by atoms with van der Waals surface area (Å²) < 4.78 is 0. The monoisotopic (exact) mass is 277 g/mol. The molecule has 2 unspecified atom stereocenters. The van der Waals surface area contributed by atoms with E-state index in [1.54, 1.807) is 19.1 Å². The minimum Gasteiger partial charge on any atom is -0.352 e. The van der Waals surface area contributed by atoms with Crippen LogP contribution in [-0.2, 0) is 11.3 Å². The van der Waals surface area contributed by atoms with Gasteiger partial charge in [0.2, 0.25) is 5.91 Å². The van der Waals surface area contributed by atoms with Crippen LogP contribution in [0.15, 0.2) is 18.2 Å². The van der Waals surface area contributed by atoms with Crippen LogP contribution in [0.4, 0.5) is 5.69 Å². The van der Waals surface area contributed by atoms with Gasteiger partial charge in [-0.1, -0.05) is 12.1 Å². The molecule has 1 aromatic rings. The Kier molecular flexibility index (Phi) is 4.34. The van der Waals surface area contributed by atoms with Crippen LogP contribution in [-0.4, -0.2) is 23.4 Å². The van der Waals surface area contributed by atoms with Crippen molar-refractivity contribution in [2.75, 3.05) is 6.54 Å². The summed E-state index contributed by atoms with van der Waals surface area (Å²) >= 11 is 0. The van der Waals surface area contributed by atoms with E-state index < -0.39 is 4.92 Å². The first kappa shape index (κ1) is 14.5. The molecule has 0 bridgehead atoms. The molecular weight excluding hydrogens is 258 g/mol. The van der Waals surface area contributed by atoms with Crippen LogP contribution in [0.25, 0.3) is 0 Å². The molecule has 1 heterocycles. The zero-order valence-electron chi connectivity index (χ0n) is 11.7. The number of benzene rings is 1. The Labute approximate surface area is 117 Å². The molecule has 1 amide bonds. The average Bonchev–Trinajstić information content (AvgIpc) is 2.83. The number of hydrogen-bond donors (Lipinski definition) is 2. The lowest BCUT2D eigenvalue weighted by Crippen LogP contribution is -2.36. The van der Waals surface area contributed by atoms with E-state index in [4.69, 9.17) is 0 Å². The molecule has 0 spiro atoms. The van der Waals surface area contributed by atoms with Crippen molar-refractivity contribution in [3.05, 3.63) is 39.4 Å². The van der Waals surface area contributed by atoms with Gasteiger partial charge in [-0.05, 0) is 32.4 Å². The summed E-state index contributed by atoms with van der Waals surface area (Å²) in [6.45, 7) is 4.89. The number of amides is 1. The molecule has 0 aromatic heterocycles. The molecule has 0 radical (unpaired) electrons. The predicted molar refractivity (Wildman–Crippen MR) is 75.3 cm³/mol. The zero-order valence-corrected chi connectivity index (χ0v) is 11.7.